The van der Waals surface area contributed by atoms with Crippen LogP contribution in [0.15, 0.2) is 0 Å². The van der Waals surface area contributed by atoms with Crippen molar-refractivity contribution in [3.8, 4) is 0 Å². The average molecular weight is 124 g/mol. The monoisotopic (exact) mass is 124 g/mol. The van der Waals surface area contributed by atoms with Gasteiger partial charge in [0.15, 0.2) is 0 Å². The summed E-state index contributed by atoms with van der Waals surface area (Å²) in [5, 5.41) is 0. The molecule has 0 aliphatic heterocycles. The van der Waals surface area contributed by atoms with E-state index in [0.29, 0.717) is 0 Å². The Hall–Kier alpha value is 3.83. The Morgan fingerprint density at radius 3 is 1.00 bits per heavy atom. The standard InChI is InChI=1S/K.Mg.Na.H3P.4H/h;;;1H3;;;;. The van der Waals surface area contributed by atoms with Gasteiger partial charge in [0.1, 0.15) is 0 Å². The molecule has 0 aromatic heterocycles. The summed E-state index contributed by atoms with van der Waals surface area (Å²) in [6.07, 6.45) is 0. The molecule has 4 heavy (non-hydrogen) atoms. The normalized spacial score (nSPS) is 0. The van der Waals surface area contributed by atoms with Gasteiger partial charge in [-0.3, -0.25) is 0 Å². The van der Waals surface area contributed by atoms with E-state index in [9.17, 15) is 0 Å². The molecular weight excluding hydrogens is 117 g/mol. The van der Waals surface area contributed by atoms with Crippen molar-refractivity contribution >= 4 is 114 Å². The van der Waals surface area contributed by atoms with Gasteiger partial charge in [-0.15, -0.1) is 0 Å². The first kappa shape index (κ1) is 24.9. The Morgan fingerprint density at radius 2 is 1.00 bits per heavy atom. The van der Waals surface area contributed by atoms with Gasteiger partial charge in [-0.2, -0.15) is 9.90 Å². The van der Waals surface area contributed by atoms with E-state index >= 15 is 0 Å². The summed E-state index contributed by atoms with van der Waals surface area (Å²) in [4.78, 5) is 0. The van der Waals surface area contributed by atoms with Gasteiger partial charge in [0.05, 0.1) is 0 Å². The van der Waals surface area contributed by atoms with Crippen molar-refractivity contribution in [2.75, 3.05) is 0 Å². The molecule has 4 heteroatoms. The van der Waals surface area contributed by atoms with Gasteiger partial charge in [-0.25, -0.2) is 0 Å². The SMILES string of the molecule is P.[KH].[MgH2].[NaH]. The fourth-order valence-corrected chi connectivity index (χ4v) is 0. The van der Waals surface area contributed by atoms with Crippen LogP contribution >= 0.6 is 9.90 Å². The van der Waals surface area contributed by atoms with Crippen LogP contribution in [0.3, 0.4) is 0 Å². The van der Waals surface area contributed by atoms with E-state index in [4.69, 9.17) is 0 Å². The fourth-order valence-electron chi connectivity index (χ4n) is 0. The third-order valence-electron chi connectivity index (χ3n) is 0. The third kappa shape index (κ3) is 9.27. The Kier molecular flexibility index (Phi) is 98.5. The van der Waals surface area contributed by atoms with Crippen LogP contribution in [0, 0.1) is 0 Å². The van der Waals surface area contributed by atoms with E-state index in [1.54, 1.807) is 0 Å². The second kappa shape index (κ2) is 15.8. The second-order valence-corrected chi connectivity index (χ2v) is 0. The van der Waals surface area contributed by atoms with Crippen LogP contribution in [0.1, 0.15) is 0 Å². The van der Waals surface area contributed by atoms with Crippen LogP contribution in [-0.2, 0) is 0 Å². The molecule has 0 aliphatic rings. The molecule has 0 fully saturated rings. The topological polar surface area (TPSA) is 0 Å². The molecular formula is H7KMgNaP. The van der Waals surface area contributed by atoms with Gasteiger partial charge in [0, 0.05) is 0 Å². The zero-order valence-electron chi connectivity index (χ0n) is 0.707. The number of rotatable bonds is 0. The molecule has 0 spiro atoms. The van der Waals surface area contributed by atoms with Crippen LogP contribution in [0.4, 0.5) is 0 Å². The van der Waals surface area contributed by atoms with Crippen molar-refractivity contribution in [2.24, 2.45) is 0 Å². The Balaban J connectivity index is 0. The first-order valence-electron chi connectivity index (χ1n) is 0. The van der Waals surface area contributed by atoms with E-state index in [1.165, 1.54) is 0 Å². The molecule has 0 bridgehead atoms. The van der Waals surface area contributed by atoms with Crippen molar-refractivity contribution < 1.29 is 0 Å². The molecule has 0 radical (unpaired) electrons. The van der Waals surface area contributed by atoms with Crippen LogP contribution in [0.5, 0.6) is 0 Å². The van der Waals surface area contributed by atoms with Crippen molar-refractivity contribution in [1.29, 1.82) is 0 Å². The molecule has 1 unspecified atom stereocenters. The summed E-state index contributed by atoms with van der Waals surface area (Å²) in [7, 11) is 0. The predicted molar refractivity (Wildman–Crippen MR) is 33.9 cm³/mol. The fraction of sp³-hybridized carbons (Fsp3) is 0. The Bertz CT molecular complexity index is 8.00. The third-order valence-corrected chi connectivity index (χ3v) is 0. The minimum atomic E-state index is 0. The van der Waals surface area contributed by atoms with Crippen molar-refractivity contribution in [2.45, 2.75) is 0 Å². The average Bonchev–Trinajstić information content (AvgIpc) is 0. The van der Waals surface area contributed by atoms with Crippen molar-refractivity contribution in [3.63, 3.8) is 0 Å². The molecule has 16 valence electrons. The molecule has 0 saturated carbocycles. The molecule has 0 saturated heterocycles. The van der Waals surface area contributed by atoms with Gasteiger partial charge >= 0.3 is 104 Å². The summed E-state index contributed by atoms with van der Waals surface area (Å²) in [5.74, 6) is 0. The van der Waals surface area contributed by atoms with E-state index in [-0.39, 0.29) is 114 Å². The van der Waals surface area contributed by atoms with Crippen molar-refractivity contribution in [1.82, 2.24) is 0 Å². The summed E-state index contributed by atoms with van der Waals surface area (Å²) < 4.78 is 0. The van der Waals surface area contributed by atoms with Gasteiger partial charge in [0.25, 0.3) is 0 Å². The predicted octanol–water partition coefficient (Wildman–Crippen LogP) is -2.16. The summed E-state index contributed by atoms with van der Waals surface area (Å²) >= 11 is 0. The van der Waals surface area contributed by atoms with Gasteiger partial charge in [0.2, 0.25) is 0 Å². The molecule has 0 aromatic carbocycles. The molecule has 0 aromatic rings. The second-order valence-electron chi connectivity index (χ2n) is 0. The Morgan fingerprint density at radius 1 is 1.00 bits per heavy atom. The molecule has 1 atom stereocenters. The molecule has 0 heterocycles. The molecule has 0 N–H and O–H groups in total. The van der Waals surface area contributed by atoms with Crippen LogP contribution in [0.25, 0.3) is 0 Å². The van der Waals surface area contributed by atoms with Crippen LogP contribution in [0.2, 0.25) is 0 Å². The van der Waals surface area contributed by atoms with Crippen LogP contribution < -0.4 is 0 Å². The van der Waals surface area contributed by atoms with Crippen LogP contribution in [-0.4, -0.2) is 104 Å². The minimum absolute atomic E-state index is 0. The number of hydrogen-bond acceptors (Lipinski definition) is 0. The summed E-state index contributed by atoms with van der Waals surface area (Å²) in [5.41, 5.74) is 0. The quantitative estimate of drug-likeness (QED) is 0.255. The van der Waals surface area contributed by atoms with E-state index in [1.807, 2.05) is 0 Å². The molecule has 0 amide bonds. The molecule has 0 rings (SSSR count). The zero-order chi connectivity index (χ0) is 0. The maximum atomic E-state index is 0. The Labute approximate surface area is 111 Å². The van der Waals surface area contributed by atoms with E-state index < -0.39 is 0 Å². The van der Waals surface area contributed by atoms with E-state index in [2.05, 4.69) is 0 Å². The number of hydrogen-bond donors (Lipinski definition) is 0. The summed E-state index contributed by atoms with van der Waals surface area (Å²) in [6.45, 7) is 0. The van der Waals surface area contributed by atoms with Gasteiger partial charge in [-0.1, -0.05) is 0 Å². The summed E-state index contributed by atoms with van der Waals surface area (Å²) in [6, 6.07) is 0. The van der Waals surface area contributed by atoms with Gasteiger partial charge < -0.3 is 0 Å². The maximum absolute atomic E-state index is 0. The van der Waals surface area contributed by atoms with Crippen molar-refractivity contribution in [3.05, 3.63) is 0 Å². The van der Waals surface area contributed by atoms with E-state index in [0.717, 1.165) is 0 Å². The first-order chi connectivity index (χ1) is 0. The molecule has 0 aliphatic carbocycles. The molecule has 0 nitrogen and oxygen atoms in total. The zero-order valence-corrected chi connectivity index (χ0v) is 2.12. The van der Waals surface area contributed by atoms with Gasteiger partial charge in [-0.05, 0) is 0 Å². The first-order valence-corrected chi connectivity index (χ1v) is 0.